The Balaban J connectivity index is 1.21. The number of para-hydroxylation sites is 2. The molecule has 0 spiro atoms. The highest BCUT2D eigenvalue weighted by Crippen LogP contribution is 2.14. The van der Waals surface area contributed by atoms with E-state index in [2.05, 4.69) is 9.88 Å². The van der Waals surface area contributed by atoms with Crippen LogP contribution in [0.3, 0.4) is 0 Å². The van der Waals surface area contributed by atoms with E-state index in [-0.39, 0.29) is 11.8 Å². The van der Waals surface area contributed by atoms with Gasteiger partial charge in [-0.15, -0.1) is 0 Å². The Bertz CT molecular complexity index is 833. The first-order chi connectivity index (χ1) is 14.2. The van der Waals surface area contributed by atoms with Crippen LogP contribution in [0.2, 0.25) is 0 Å². The van der Waals surface area contributed by atoms with Crippen LogP contribution < -0.4 is 0 Å². The summed E-state index contributed by atoms with van der Waals surface area (Å²) in [7, 11) is 0. The van der Waals surface area contributed by atoms with Crippen molar-refractivity contribution in [3.63, 3.8) is 0 Å². The zero-order valence-electron chi connectivity index (χ0n) is 17.1. The number of amides is 2. The molecule has 2 aliphatic heterocycles. The van der Waals surface area contributed by atoms with E-state index >= 15 is 0 Å². The second-order valence-electron chi connectivity index (χ2n) is 8.13. The molecule has 0 bridgehead atoms. The highest BCUT2D eigenvalue weighted by Gasteiger charge is 2.24. The lowest BCUT2D eigenvalue weighted by atomic mass is 10.2. The molecule has 4 rings (SSSR count). The van der Waals surface area contributed by atoms with Crippen molar-refractivity contribution >= 4 is 22.8 Å². The molecule has 156 valence electrons. The van der Waals surface area contributed by atoms with Gasteiger partial charge in [0.25, 0.3) is 0 Å². The van der Waals surface area contributed by atoms with Crippen LogP contribution in [0.1, 0.15) is 32.1 Å². The molecular formula is C22H31N5O2. The van der Waals surface area contributed by atoms with Crippen molar-refractivity contribution in [1.82, 2.24) is 24.3 Å². The van der Waals surface area contributed by atoms with Gasteiger partial charge in [0, 0.05) is 52.2 Å². The normalized spacial score (nSPS) is 18.8. The average Bonchev–Trinajstić information content (AvgIpc) is 2.96. The molecule has 2 amide bonds. The first-order valence-electron chi connectivity index (χ1n) is 10.9. The summed E-state index contributed by atoms with van der Waals surface area (Å²) in [4.78, 5) is 35.8. The molecule has 2 saturated heterocycles. The molecule has 2 aliphatic rings. The van der Waals surface area contributed by atoms with Crippen LogP contribution in [0.5, 0.6) is 0 Å². The topological polar surface area (TPSA) is 61.7 Å². The molecule has 7 nitrogen and oxygen atoms in total. The number of piperazine rings is 1. The lowest BCUT2D eigenvalue weighted by Crippen LogP contribution is -2.51. The minimum Gasteiger partial charge on any atom is -0.342 e. The van der Waals surface area contributed by atoms with Gasteiger partial charge in [-0.2, -0.15) is 0 Å². The van der Waals surface area contributed by atoms with Gasteiger partial charge < -0.3 is 14.4 Å². The van der Waals surface area contributed by atoms with Gasteiger partial charge in [0.15, 0.2) is 0 Å². The van der Waals surface area contributed by atoms with Crippen molar-refractivity contribution in [1.29, 1.82) is 0 Å². The predicted octanol–water partition coefficient (Wildman–Crippen LogP) is 1.97. The number of nitrogens with zero attached hydrogens (tertiary/aromatic N) is 5. The van der Waals surface area contributed by atoms with Gasteiger partial charge in [-0.05, 0) is 25.0 Å². The average molecular weight is 398 g/mol. The molecule has 0 aliphatic carbocycles. The number of imidazole rings is 1. The van der Waals surface area contributed by atoms with Crippen LogP contribution >= 0.6 is 0 Å². The molecule has 0 unspecified atom stereocenters. The van der Waals surface area contributed by atoms with Gasteiger partial charge in [0.2, 0.25) is 11.8 Å². The maximum Gasteiger partial charge on any atom is 0.236 e. The van der Waals surface area contributed by atoms with Gasteiger partial charge in [-0.1, -0.05) is 25.0 Å². The lowest BCUT2D eigenvalue weighted by molar-refractivity contribution is -0.135. The minimum absolute atomic E-state index is 0.182. The van der Waals surface area contributed by atoms with E-state index in [1.165, 1.54) is 12.8 Å². The maximum atomic E-state index is 12.6. The fraction of sp³-hybridized carbons (Fsp3) is 0.591. The molecule has 0 N–H and O–H groups in total. The van der Waals surface area contributed by atoms with Crippen molar-refractivity contribution in [2.45, 2.75) is 38.6 Å². The Morgan fingerprint density at radius 2 is 1.52 bits per heavy atom. The number of carbonyl (C=O) groups excluding carboxylic acids is 2. The standard InChI is InChI=1S/C22H31N5O2/c28-21(9-12-27-18-23-19-7-3-4-8-20(19)27)26-15-13-24(14-16-26)17-22(29)25-10-5-1-2-6-11-25/h3-4,7-8,18H,1-2,5-6,9-17H2. The summed E-state index contributed by atoms with van der Waals surface area (Å²) < 4.78 is 2.04. The summed E-state index contributed by atoms with van der Waals surface area (Å²) in [6, 6.07) is 7.99. The number of aromatic nitrogens is 2. The zero-order valence-corrected chi connectivity index (χ0v) is 17.1. The molecule has 7 heteroatoms. The molecular weight excluding hydrogens is 366 g/mol. The number of carbonyl (C=O) groups is 2. The molecule has 0 saturated carbocycles. The van der Waals surface area contributed by atoms with Crippen LogP contribution in [0.4, 0.5) is 0 Å². The Kier molecular flexibility index (Phi) is 6.44. The third-order valence-corrected chi connectivity index (χ3v) is 6.14. The Labute approximate surface area is 172 Å². The third kappa shape index (κ3) is 4.96. The Morgan fingerprint density at radius 1 is 0.828 bits per heavy atom. The number of rotatable bonds is 5. The van der Waals surface area contributed by atoms with Crippen LogP contribution in [0.25, 0.3) is 11.0 Å². The summed E-state index contributed by atoms with van der Waals surface area (Å²) in [5.74, 6) is 0.430. The SMILES string of the molecule is O=C(CCn1cnc2ccccc21)N1CCN(CC(=O)N2CCCCCC2)CC1. The zero-order chi connectivity index (χ0) is 20.1. The smallest absolute Gasteiger partial charge is 0.236 e. The first kappa shape index (κ1) is 19.9. The van der Waals surface area contributed by atoms with E-state index in [1.807, 2.05) is 45.0 Å². The molecule has 2 fully saturated rings. The fourth-order valence-electron chi connectivity index (χ4n) is 4.33. The summed E-state index contributed by atoms with van der Waals surface area (Å²) >= 11 is 0. The number of fused-ring (bicyclic) bond motifs is 1. The number of likely N-dealkylation sites (tertiary alicyclic amines) is 1. The predicted molar refractivity (Wildman–Crippen MR) is 112 cm³/mol. The van der Waals surface area contributed by atoms with Gasteiger partial charge in [0.05, 0.1) is 23.9 Å². The molecule has 0 radical (unpaired) electrons. The molecule has 1 aromatic carbocycles. The van der Waals surface area contributed by atoms with E-state index < -0.39 is 0 Å². The van der Waals surface area contributed by atoms with Gasteiger partial charge in [0.1, 0.15) is 0 Å². The van der Waals surface area contributed by atoms with E-state index in [1.54, 1.807) is 0 Å². The van der Waals surface area contributed by atoms with Crippen molar-refractivity contribution < 1.29 is 9.59 Å². The summed E-state index contributed by atoms with van der Waals surface area (Å²) in [6.07, 6.45) is 7.01. The molecule has 0 atom stereocenters. The third-order valence-electron chi connectivity index (χ3n) is 6.14. The molecule has 29 heavy (non-hydrogen) atoms. The van der Waals surface area contributed by atoms with Gasteiger partial charge in [-0.3, -0.25) is 14.5 Å². The maximum absolute atomic E-state index is 12.6. The monoisotopic (exact) mass is 397 g/mol. The second kappa shape index (κ2) is 9.39. The first-order valence-corrected chi connectivity index (χ1v) is 10.9. The fourth-order valence-corrected chi connectivity index (χ4v) is 4.33. The number of hydrogen-bond donors (Lipinski definition) is 0. The minimum atomic E-state index is 0.182. The molecule has 2 aromatic rings. The van der Waals surface area contributed by atoms with Crippen LogP contribution in [-0.4, -0.2) is 81.9 Å². The van der Waals surface area contributed by atoms with Crippen molar-refractivity contribution in [3.05, 3.63) is 30.6 Å². The van der Waals surface area contributed by atoms with E-state index in [9.17, 15) is 9.59 Å². The largest absolute Gasteiger partial charge is 0.342 e. The second-order valence-corrected chi connectivity index (χ2v) is 8.13. The van der Waals surface area contributed by atoms with Crippen LogP contribution in [0, 0.1) is 0 Å². The number of hydrogen-bond acceptors (Lipinski definition) is 4. The molecule has 3 heterocycles. The highest BCUT2D eigenvalue weighted by atomic mass is 16.2. The Hall–Kier alpha value is -2.41. The highest BCUT2D eigenvalue weighted by molar-refractivity contribution is 5.79. The van der Waals surface area contributed by atoms with Crippen molar-refractivity contribution in [3.8, 4) is 0 Å². The molecule has 1 aromatic heterocycles. The summed E-state index contributed by atoms with van der Waals surface area (Å²) in [6.45, 7) is 5.91. The van der Waals surface area contributed by atoms with Gasteiger partial charge in [-0.25, -0.2) is 4.98 Å². The van der Waals surface area contributed by atoms with Crippen LogP contribution in [-0.2, 0) is 16.1 Å². The lowest BCUT2D eigenvalue weighted by Gasteiger charge is -2.35. The summed E-state index contributed by atoms with van der Waals surface area (Å²) in [5, 5.41) is 0. The van der Waals surface area contributed by atoms with Gasteiger partial charge >= 0.3 is 0 Å². The Morgan fingerprint density at radius 3 is 2.28 bits per heavy atom. The van der Waals surface area contributed by atoms with E-state index in [4.69, 9.17) is 0 Å². The van der Waals surface area contributed by atoms with Crippen LogP contribution in [0.15, 0.2) is 30.6 Å². The van der Waals surface area contributed by atoms with Crippen molar-refractivity contribution in [2.75, 3.05) is 45.8 Å². The quantitative estimate of drug-likeness (QED) is 0.774. The van der Waals surface area contributed by atoms with E-state index in [0.29, 0.717) is 32.6 Å². The summed E-state index contributed by atoms with van der Waals surface area (Å²) in [5.41, 5.74) is 2.03. The van der Waals surface area contributed by atoms with Crippen molar-refractivity contribution in [2.24, 2.45) is 0 Å². The number of benzene rings is 1. The van der Waals surface area contributed by atoms with E-state index in [0.717, 1.165) is 50.1 Å². The number of aryl methyl sites for hydroxylation is 1.